The maximum Gasteiger partial charge on any atom is 0.147 e. The Morgan fingerprint density at radius 3 is 2.79 bits per heavy atom. The minimum Gasteiger partial charge on any atom is -0.369 e. The van der Waals surface area contributed by atoms with Gasteiger partial charge in [0.2, 0.25) is 0 Å². The van der Waals surface area contributed by atoms with E-state index in [-0.39, 0.29) is 11.7 Å². The monoisotopic (exact) mass is 264 g/mol. The molecule has 1 unspecified atom stereocenters. The van der Waals surface area contributed by atoms with Crippen molar-refractivity contribution in [2.24, 2.45) is 0 Å². The van der Waals surface area contributed by atoms with E-state index >= 15 is 0 Å². The van der Waals surface area contributed by atoms with E-state index in [4.69, 9.17) is 4.74 Å². The molecule has 19 heavy (non-hydrogen) atoms. The maximum absolute atomic E-state index is 5.90. The molecule has 0 aliphatic carbocycles. The van der Waals surface area contributed by atoms with Gasteiger partial charge in [0.25, 0.3) is 0 Å². The molecule has 1 N–H and O–H groups in total. The van der Waals surface area contributed by atoms with Crippen molar-refractivity contribution in [3.05, 3.63) is 18.1 Å². The van der Waals surface area contributed by atoms with Gasteiger partial charge in [-0.25, -0.2) is 4.98 Å². The lowest BCUT2D eigenvalue weighted by Gasteiger charge is -2.42. The van der Waals surface area contributed by atoms with Gasteiger partial charge in [0.15, 0.2) is 0 Å². The Morgan fingerprint density at radius 1 is 1.42 bits per heavy atom. The van der Waals surface area contributed by atoms with E-state index in [2.05, 4.69) is 47.9 Å². The summed E-state index contributed by atoms with van der Waals surface area (Å²) < 4.78 is 5.90. The Morgan fingerprint density at radius 2 is 2.21 bits per heavy atom. The first-order chi connectivity index (χ1) is 9.00. The van der Waals surface area contributed by atoms with Crippen LogP contribution >= 0.6 is 0 Å². The number of morpholine rings is 1. The molecule has 1 saturated heterocycles. The number of hydrogen-bond donors (Lipinski definition) is 1. The van der Waals surface area contributed by atoms with E-state index in [1.54, 1.807) is 0 Å². The van der Waals surface area contributed by atoms with Crippen LogP contribution in [0.2, 0.25) is 0 Å². The minimum absolute atomic E-state index is 0.137. The topological polar surface area (TPSA) is 50.3 Å². The van der Waals surface area contributed by atoms with Crippen LogP contribution in [0.5, 0.6) is 0 Å². The summed E-state index contributed by atoms with van der Waals surface area (Å²) >= 11 is 0. The number of aromatic nitrogens is 2. The molecule has 5 heteroatoms. The van der Waals surface area contributed by atoms with Crippen LogP contribution in [0.3, 0.4) is 0 Å². The average molecular weight is 264 g/mol. The molecule has 2 heterocycles. The van der Waals surface area contributed by atoms with Gasteiger partial charge in [0, 0.05) is 19.6 Å². The first-order valence-corrected chi connectivity index (χ1v) is 6.94. The largest absolute Gasteiger partial charge is 0.369 e. The normalized spacial score (nSPS) is 22.5. The molecule has 0 amide bonds. The third-order valence-corrected chi connectivity index (χ3v) is 3.14. The van der Waals surface area contributed by atoms with Crippen LogP contribution in [0, 0.1) is 0 Å². The van der Waals surface area contributed by atoms with E-state index in [1.807, 2.05) is 12.4 Å². The van der Waals surface area contributed by atoms with Gasteiger partial charge in [-0.15, -0.1) is 0 Å². The zero-order valence-corrected chi connectivity index (χ0v) is 12.3. The Bertz CT molecular complexity index is 404. The lowest BCUT2D eigenvalue weighted by molar-refractivity contribution is -0.0751. The number of rotatable bonds is 4. The molecule has 106 valence electrons. The SMILES string of the molecule is CCNCc1cnc(N2CC(C)OC(C)(C)C2)cn1. The van der Waals surface area contributed by atoms with Crippen molar-refractivity contribution in [2.45, 2.75) is 45.9 Å². The molecule has 1 aliphatic heterocycles. The molecule has 5 nitrogen and oxygen atoms in total. The maximum atomic E-state index is 5.90. The Labute approximate surface area is 115 Å². The van der Waals surface area contributed by atoms with Crippen molar-refractivity contribution in [2.75, 3.05) is 24.5 Å². The number of anilines is 1. The number of hydrogen-bond acceptors (Lipinski definition) is 5. The van der Waals surface area contributed by atoms with Gasteiger partial charge >= 0.3 is 0 Å². The summed E-state index contributed by atoms with van der Waals surface area (Å²) in [5.74, 6) is 0.934. The molecule has 0 bridgehead atoms. The summed E-state index contributed by atoms with van der Waals surface area (Å²) in [4.78, 5) is 11.2. The summed E-state index contributed by atoms with van der Waals surface area (Å²) in [7, 11) is 0. The predicted octanol–water partition coefficient (Wildman–Crippen LogP) is 1.59. The Hall–Kier alpha value is -1.20. The van der Waals surface area contributed by atoms with E-state index in [0.717, 1.165) is 37.7 Å². The molecule has 0 aromatic carbocycles. The van der Waals surface area contributed by atoms with Gasteiger partial charge in [-0.3, -0.25) is 4.98 Å². The molecule has 0 radical (unpaired) electrons. The van der Waals surface area contributed by atoms with E-state index < -0.39 is 0 Å². The predicted molar refractivity (Wildman–Crippen MR) is 76.3 cm³/mol. The second kappa shape index (κ2) is 5.84. The first kappa shape index (κ1) is 14.2. The third-order valence-electron chi connectivity index (χ3n) is 3.14. The Balaban J connectivity index is 2.05. The zero-order chi connectivity index (χ0) is 13.9. The van der Waals surface area contributed by atoms with Crippen LogP contribution in [0.15, 0.2) is 12.4 Å². The summed E-state index contributed by atoms with van der Waals surface area (Å²) in [5, 5.41) is 3.25. The first-order valence-electron chi connectivity index (χ1n) is 6.94. The van der Waals surface area contributed by atoms with Gasteiger partial charge in [-0.1, -0.05) is 6.92 Å². The lowest BCUT2D eigenvalue weighted by Crippen LogP contribution is -2.52. The summed E-state index contributed by atoms with van der Waals surface area (Å²) in [6, 6.07) is 0. The second-order valence-corrected chi connectivity index (χ2v) is 5.71. The van der Waals surface area contributed by atoms with Crippen molar-refractivity contribution in [1.82, 2.24) is 15.3 Å². The van der Waals surface area contributed by atoms with Crippen molar-refractivity contribution in [3.8, 4) is 0 Å². The molecule has 1 aliphatic rings. The van der Waals surface area contributed by atoms with Crippen LogP contribution < -0.4 is 10.2 Å². The van der Waals surface area contributed by atoms with Crippen LogP contribution in [0.4, 0.5) is 5.82 Å². The van der Waals surface area contributed by atoms with Crippen molar-refractivity contribution < 1.29 is 4.74 Å². The summed E-state index contributed by atoms with van der Waals surface area (Å²) in [6.07, 6.45) is 3.93. The lowest BCUT2D eigenvalue weighted by atomic mass is 10.1. The van der Waals surface area contributed by atoms with Gasteiger partial charge < -0.3 is 15.0 Å². The van der Waals surface area contributed by atoms with Gasteiger partial charge in [-0.2, -0.15) is 0 Å². The number of nitrogens with one attached hydrogen (secondary N) is 1. The second-order valence-electron chi connectivity index (χ2n) is 5.71. The summed E-state index contributed by atoms with van der Waals surface area (Å²) in [5.41, 5.74) is 0.841. The summed E-state index contributed by atoms with van der Waals surface area (Å²) in [6.45, 7) is 11.8. The van der Waals surface area contributed by atoms with Crippen LogP contribution in [-0.2, 0) is 11.3 Å². The quantitative estimate of drug-likeness (QED) is 0.895. The fraction of sp³-hybridized carbons (Fsp3) is 0.714. The highest BCUT2D eigenvalue weighted by atomic mass is 16.5. The molecule has 1 atom stereocenters. The molecule has 0 spiro atoms. The smallest absolute Gasteiger partial charge is 0.147 e. The molecule has 1 aromatic rings. The molecule has 1 aromatic heterocycles. The zero-order valence-electron chi connectivity index (χ0n) is 12.3. The van der Waals surface area contributed by atoms with Crippen molar-refractivity contribution in [1.29, 1.82) is 0 Å². The fourth-order valence-corrected chi connectivity index (χ4v) is 2.48. The van der Waals surface area contributed by atoms with Crippen LogP contribution in [0.25, 0.3) is 0 Å². The molecular weight excluding hydrogens is 240 g/mol. The fourth-order valence-electron chi connectivity index (χ4n) is 2.48. The van der Waals surface area contributed by atoms with Crippen molar-refractivity contribution in [3.63, 3.8) is 0 Å². The minimum atomic E-state index is -0.137. The molecular formula is C14H24N4O. The van der Waals surface area contributed by atoms with Gasteiger partial charge in [-0.05, 0) is 27.3 Å². The highest BCUT2D eigenvalue weighted by Crippen LogP contribution is 2.24. The molecule has 2 rings (SSSR count). The number of nitrogens with zero attached hydrogens (tertiary/aromatic N) is 3. The molecule has 0 saturated carbocycles. The van der Waals surface area contributed by atoms with Crippen molar-refractivity contribution >= 4 is 5.82 Å². The Kier molecular flexibility index (Phi) is 4.37. The highest BCUT2D eigenvalue weighted by molar-refractivity contribution is 5.37. The van der Waals surface area contributed by atoms with E-state index in [9.17, 15) is 0 Å². The standard InChI is InChI=1S/C14H24N4O/c1-5-15-6-12-7-17-13(8-16-12)18-9-11(2)19-14(3,4)10-18/h7-8,11,15H,5-6,9-10H2,1-4H3. The molecule has 1 fully saturated rings. The third kappa shape index (κ3) is 3.88. The van der Waals surface area contributed by atoms with Crippen LogP contribution in [-0.4, -0.2) is 41.3 Å². The van der Waals surface area contributed by atoms with Gasteiger partial charge in [0.1, 0.15) is 5.82 Å². The van der Waals surface area contributed by atoms with E-state index in [0.29, 0.717) is 0 Å². The average Bonchev–Trinajstić information content (AvgIpc) is 2.34. The van der Waals surface area contributed by atoms with Gasteiger partial charge in [0.05, 0.1) is 29.8 Å². The number of ether oxygens (including phenoxy) is 1. The van der Waals surface area contributed by atoms with E-state index in [1.165, 1.54) is 0 Å². The van der Waals surface area contributed by atoms with Crippen LogP contribution in [0.1, 0.15) is 33.4 Å². The highest BCUT2D eigenvalue weighted by Gasteiger charge is 2.31.